The van der Waals surface area contributed by atoms with Gasteiger partial charge in [0.2, 0.25) is 0 Å². The van der Waals surface area contributed by atoms with E-state index >= 15 is 0 Å². The Kier molecular flexibility index (Phi) is 3.87. The molecular weight excluding hydrogens is 229 g/mol. The normalized spacial score (nSPS) is 10.4. The Morgan fingerprint density at radius 3 is 2.56 bits per heavy atom. The van der Waals surface area contributed by atoms with Crippen LogP contribution in [0.3, 0.4) is 0 Å². The van der Waals surface area contributed by atoms with Crippen molar-refractivity contribution in [1.29, 1.82) is 0 Å². The van der Waals surface area contributed by atoms with Crippen LogP contribution in [0.2, 0.25) is 0 Å². The van der Waals surface area contributed by atoms with Crippen LogP contribution in [-0.2, 0) is 6.42 Å². The van der Waals surface area contributed by atoms with Crippen LogP contribution < -0.4 is 5.32 Å². The molecule has 1 aromatic carbocycles. The highest BCUT2D eigenvalue weighted by Gasteiger charge is 2.03. The van der Waals surface area contributed by atoms with Gasteiger partial charge in [0, 0.05) is 24.7 Å². The molecule has 2 aromatic rings. The maximum absolute atomic E-state index is 12.8. The van der Waals surface area contributed by atoms with Crippen molar-refractivity contribution in [1.82, 2.24) is 9.97 Å². The van der Waals surface area contributed by atoms with Gasteiger partial charge in [-0.2, -0.15) is 0 Å². The van der Waals surface area contributed by atoms with E-state index in [-0.39, 0.29) is 5.82 Å². The van der Waals surface area contributed by atoms with Crippen molar-refractivity contribution in [3.8, 4) is 0 Å². The molecule has 1 heterocycles. The molecule has 4 heteroatoms. The van der Waals surface area contributed by atoms with Crippen molar-refractivity contribution in [3.63, 3.8) is 0 Å². The van der Waals surface area contributed by atoms with Gasteiger partial charge in [0.05, 0.1) is 0 Å². The van der Waals surface area contributed by atoms with Crippen molar-refractivity contribution in [2.75, 3.05) is 11.9 Å². The van der Waals surface area contributed by atoms with Gasteiger partial charge >= 0.3 is 0 Å². The average molecular weight is 245 g/mol. The molecule has 18 heavy (non-hydrogen) atoms. The van der Waals surface area contributed by atoms with Gasteiger partial charge in [-0.3, -0.25) is 0 Å². The molecule has 0 spiro atoms. The van der Waals surface area contributed by atoms with Gasteiger partial charge in [-0.15, -0.1) is 0 Å². The van der Waals surface area contributed by atoms with Gasteiger partial charge in [0.15, 0.2) is 0 Å². The maximum atomic E-state index is 12.8. The summed E-state index contributed by atoms with van der Waals surface area (Å²) in [7, 11) is 0. The lowest BCUT2D eigenvalue weighted by Gasteiger charge is -2.07. The van der Waals surface area contributed by atoms with E-state index in [1.165, 1.54) is 12.1 Å². The van der Waals surface area contributed by atoms with Gasteiger partial charge in [0.25, 0.3) is 0 Å². The van der Waals surface area contributed by atoms with Crippen LogP contribution in [0.15, 0.2) is 30.3 Å². The van der Waals surface area contributed by atoms with Crippen LogP contribution in [-0.4, -0.2) is 16.5 Å². The maximum Gasteiger partial charge on any atom is 0.135 e. The molecule has 0 aliphatic rings. The van der Waals surface area contributed by atoms with Crippen molar-refractivity contribution < 1.29 is 4.39 Å². The van der Waals surface area contributed by atoms with Crippen molar-refractivity contribution in [3.05, 3.63) is 53.2 Å². The molecule has 1 aromatic heterocycles. The van der Waals surface area contributed by atoms with Gasteiger partial charge in [-0.1, -0.05) is 12.1 Å². The van der Waals surface area contributed by atoms with Gasteiger partial charge in [-0.05, 0) is 31.5 Å². The van der Waals surface area contributed by atoms with E-state index in [1.807, 2.05) is 19.9 Å². The second kappa shape index (κ2) is 5.58. The first-order valence-corrected chi connectivity index (χ1v) is 6.00. The zero-order valence-corrected chi connectivity index (χ0v) is 10.6. The van der Waals surface area contributed by atoms with E-state index in [0.717, 1.165) is 29.4 Å². The third-order valence-electron chi connectivity index (χ3n) is 2.53. The number of aromatic nitrogens is 2. The summed E-state index contributed by atoms with van der Waals surface area (Å²) in [5, 5.41) is 3.17. The number of benzene rings is 1. The number of aryl methyl sites for hydroxylation is 1. The minimum Gasteiger partial charge on any atom is -0.370 e. The van der Waals surface area contributed by atoms with E-state index in [9.17, 15) is 4.39 Å². The molecule has 0 atom stereocenters. The molecule has 0 bridgehead atoms. The second-order valence-corrected chi connectivity index (χ2v) is 4.14. The van der Waals surface area contributed by atoms with E-state index in [4.69, 9.17) is 0 Å². The molecule has 0 saturated heterocycles. The third kappa shape index (κ3) is 3.26. The van der Waals surface area contributed by atoms with E-state index in [2.05, 4.69) is 15.3 Å². The number of anilines is 1. The van der Waals surface area contributed by atoms with Crippen LogP contribution in [0, 0.1) is 12.7 Å². The van der Waals surface area contributed by atoms with Crippen LogP contribution >= 0.6 is 0 Å². The smallest absolute Gasteiger partial charge is 0.135 e. The minimum atomic E-state index is -0.225. The highest BCUT2D eigenvalue weighted by atomic mass is 19.1. The molecule has 0 radical (unpaired) electrons. The standard InChI is InChI=1S/C14H16FN3/c1-3-16-13-8-10(2)17-14(18-13)9-11-4-6-12(15)7-5-11/h4-8H,3,9H2,1-2H3,(H,16,17,18). The monoisotopic (exact) mass is 245 g/mol. The van der Waals surface area contributed by atoms with Gasteiger partial charge in [0.1, 0.15) is 17.5 Å². The molecule has 0 aliphatic heterocycles. The number of hydrogen-bond acceptors (Lipinski definition) is 3. The summed E-state index contributed by atoms with van der Waals surface area (Å²) in [5.74, 6) is 1.36. The molecule has 0 unspecified atom stereocenters. The quantitative estimate of drug-likeness (QED) is 0.900. The molecule has 2 rings (SSSR count). The number of hydrogen-bond donors (Lipinski definition) is 1. The van der Waals surface area contributed by atoms with Gasteiger partial charge < -0.3 is 5.32 Å². The summed E-state index contributed by atoms with van der Waals surface area (Å²) in [6.07, 6.45) is 0.611. The van der Waals surface area contributed by atoms with E-state index < -0.39 is 0 Å². The first kappa shape index (κ1) is 12.5. The molecule has 0 fully saturated rings. The van der Waals surface area contributed by atoms with Crippen molar-refractivity contribution in [2.24, 2.45) is 0 Å². The first-order valence-electron chi connectivity index (χ1n) is 6.00. The fourth-order valence-electron chi connectivity index (χ4n) is 1.77. The summed E-state index contributed by atoms with van der Waals surface area (Å²) < 4.78 is 12.8. The lowest BCUT2D eigenvalue weighted by molar-refractivity contribution is 0.627. The van der Waals surface area contributed by atoms with E-state index in [0.29, 0.717) is 6.42 Å². The Morgan fingerprint density at radius 1 is 1.17 bits per heavy atom. The Balaban J connectivity index is 2.20. The van der Waals surface area contributed by atoms with Crippen molar-refractivity contribution >= 4 is 5.82 Å². The fourth-order valence-corrected chi connectivity index (χ4v) is 1.77. The summed E-state index contributed by atoms with van der Waals surface area (Å²) in [4.78, 5) is 8.81. The number of rotatable bonds is 4. The minimum absolute atomic E-state index is 0.225. The average Bonchev–Trinajstić information content (AvgIpc) is 2.32. The summed E-state index contributed by atoms with van der Waals surface area (Å²) in [5.41, 5.74) is 1.93. The fraction of sp³-hybridized carbons (Fsp3) is 0.286. The number of halogens is 1. The molecule has 3 nitrogen and oxygen atoms in total. The summed E-state index contributed by atoms with van der Waals surface area (Å²) in [6, 6.07) is 8.34. The molecule has 0 aliphatic carbocycles. The third-order valence-corrected chi connectivity index (χ3v) is 2.53. The highest BCUT2D eigenvalue weighted by Crippen LogP contribution is 2.11. The van der Waals surface area contributed by atoms with Crippen LogP contribution in [0.4, 0.5) is 10.2 Å². The van der Waals surface area contributed by atoms with Crippen LogP contribution in [0.1, 0.15) is 24.0 Å². The molecule has 0 saturated carbocycles. The van der Waals surface area contributed by atoms with Crippen LogP contribution in [0.25, 0.3) is 0 Å². The number of nitrogens with one attached hydrogen (secondary N) is 1. The summed E-state index contributed by atoms with van der Waals surface area (Å²) >= 11 is 0. The largest absolute Gasteiger partial charge is 0.370 e. The highest BCUT2D eigenvalue weighted by molar-refractivity contribution is 5.36. The Morgan fingerprint density at radius 2 is 1.89 bits per heavy atom. The zero-order chi connectivity index (χ0) is 13.0. The lowest BCUT2D eigenvalue weighted by atomic mass is 10.1. The predicted molar refractivity (Wildman–Crippen MR) is 70.1 cm³/mol. The second-order valence-electron chi connectivity index (χ2n) is 4.14. The Labute approximate surface area is 106 Å². The molecule has 1 N–H and O–H groups in total. The Bertz CT molecular complexity index is 523. The molecular formula is C14H16FN3. The predicted octanol–water partition coefficient (Wildman–Crippen LogP) is 2.95. The van der Waals surface area contributed by atoms with Gasteiger partial charge in [-0.25, -0.2) is 14.4 Å². The van der Waals surface area contributed by atoms with Crippen LogP contribution in [0.5, 0.6) is 0 Å². The SMILES string of the molecule is CCNc1cc(C)nc(Cc2ccc(F)cc2)n1. The Hall–Kier alpha value is -1.97. The lowest BCUT2D eigenvalue weighted by Crippen LogP contribution is -2.05. The topological polar surface area (TPSA) is 37.8 Å². The number of nitrogens with zero attached hydrogens (tertiary/aromatic N) is 2. The van der Waals surface area contributed by atoms with Crippen molar-refractivity contribution in [2.45, 2.75) is 20.3 Å². The first-order chi connectivity index (χ1) is 8.67. The summed E-state index contributed by atoms with van der Waals surface area (Å²) in [6.45, 7) is 4.79. The zero-order valence-electron chi connectivity index (χ0n) is 10.6. The molecule has 0 amide bonds. The van der Waals surface area contributed by atoms with E-state index in [1.54, 1.807) is 12.1 Å². The molecule has 94 valence electrons.